The van der Waals surface area contributed by atoms with Crippen molar-refractivity contribution in [3.63, 3.8) is 0 Å². The van der Waals surface area contributed by atoms with Crippen LogP contribution in [0.15, 0.2) is 23.1 Å². The van der Waals surface area contributed by atoms with Crippen molar-refractivity contribution in [2.75, 3.05) is 6.26 Å². The highest BCUT2D eigenvalue weighted by Crippen LogP contribution is 2.32. The van der Waals surface area contributed by atoms with Gasteiger partial charge < -0.3 is 0 Å². The van der Waals surface area contributed by atoms with Gasteiger partial charge in [-0.1, -0.05) is 28.1 Å². The summed E-state index contributed by atoms with van der Waals surface area (Å²) in [5.74, 6) is -0.0166. The Morgan fingerprint density at radius 3 is 2.73 bits per heavy atom. The van der Waals surface area contributed by atoms with Gasteiger partial charge in [0.25, 0.3) is 0 Å². The van der Waals surface area contributed by atoms with Crippen molar-refractivity contribution in [3.8, 4) is 0 Å². The predicted octanol–water partition coefficient (Wildman–Crippen LogP) is 4.17. The number of carbonyl (C=O) groups excluding carboxylic acids is 1. The fraction of sp³-hybridized carbons (Fsp3) is 0.364. The van der Waals surface area contributed by atoms with Crippen LogP contribution in [0, 0.1) is 0 Å². The molecule has 0 bridgehead atoms. The summed E-state index contributed by atoms with van der Waals surface area (Å²) < 4.78 is 0. The maximum absolute atomic E-state index is 11.3. The van der Waals surface area contributed by atoms with E-state index in [1.807, 2.05) is 24.5 Å². The summed E-state index contributed by atoms with van der Waals surface area (Å²) in [6.07, 6.45) is 2.02. The molecule has 0 saturated carbocycles. The molecule has 1 aromatic rings. The largest absolute Gasteiger partial charge is 0.298 e. The first-order valence-electron chi connectivity index (χ1n) is 4.48. The van der Waals surface area contributed by atoms with Crippen LogP contribution in [0.3, 0.4) is 0 Å². The van der Waals surface area contributed by atoms with Crippen molar-refractivity contribution < 1.29 is 4.79 Å². The molecule has 0 saturated heterocycles. The van der Waals surface area contributed by atoms with Crippen molar-refractivity contribution in [2.45, 2.75) is 22.5 Å². The Labute approximate surface area is 108 Å². The van der Waals surface area contributed by atoms with E-state index in [1.54, 1.807) is 11.8 Å². The van der Waals surface area contributed by atoms with Gasteiger partial charge in [-0.05, 0) is 30.4 Å². The van der Waals surface area contributed by atoms with Crippen molar-refractivity contribution in [2.24, 2.45) is 0 Å². The second-order valence-electron chi connectivity index (χ2n) is 3.13. The Hall–Kier alpha value is 0.01000. The van der Waals surface area contributed by atoms with Gasteiger partial charge in [-0.2, -0.15) is 0 Å². The smallest absolute Gasteiger partial charge is 0.152 e. The number of ketones is 1. The predicted molar refractivity (Wildman–Crippen MR) is 70.1 cm³/mol. The first kappa shape index (κ1) is 13.1. The molecule has 1 atom stereocenters. The molecule has 0 amide bonds. The van der Waals surface area contributed by atoms with Crippen LogP contribution in [0.1, 0.15) is 23.4 Å². The summed E-state index contributed by atoms with van der Waals surface area (Å²) in [4.78, 5) is 12.4. The Kier molecular flexibility index (Phi) is 5.16. The molecule has 0 aliphatic rings. The van der Waals surface area contributed by atoms with E-state index in [0.29, 0.717) is 0 Å². The van der Waals surface area contributed by atoms with Gasteiger partial charge >= 0.3 is 0 Å². The summed E-state index contributed by atoms with van der Waals surface area (Å²) in [5.41, 5.74) is 2.02. The number of hydrogen-bond acceptors (Lipinski definition) is 2. The SMILES string of the molecule is CSc1cccc(C(Cl)C(C)=O)c1CBr. The molecule has 15 heavy (non-hydrogen) atoms. The van der Waals surface area contributed by atoms with Crippen LogP contribution in [0.25, 0.3) is 0 Å². The maximum Gasteiger partial charge on any atom is 0.152 e. The molecule has 82 valence electrons. The summed E-state index contributed by atoms with van der Waals surface area (Å²) >= 11 is 11.2. The molecule has 0 aliphatic carbocycles. The molecule has 0 fully saturated rings. The Morgan fingerprint density at radius 1 is 1.60 bits per heavy atom. The highest BCUT2D eigenvalue weighted by Gasteiger charge is 2.18. The minimum atomic E-state index is -0.537. The zero-order valence-electron chi connectivity index (χ0n) is 8.59. The van der Waals surface area contributed by atoms with Gasteiger partial charge in [0.15, 0.2) is 5.78 Å². The van der Waals surface area contributed by atoms with Gasteiger partial charge in [0.05, 0.1) is 0 Å². The lowest BCUT2D eigenvalue weighted by Crippen LogP contribution is -2.05. The molecule has 1 rings (SSSR count). The normalized spacial score (nSPS) is 12.5. The average molecular weight is 308 g/mol. The fourth-order valence-corrected chi connectivity index (χ4v) is 3.04. The second-order valence-corrected chi connectivity index (χ2v) is 4.98. The topological polar surface area (TPSA) is 17.1 Å². The number of thioether (sulfide) groups is 1. The van der Waals surface area contributed by atoms with Crippen molar-refractivity contribution in [1.82, 2.24) is 0 Å². The van der Waals surface area contributed by atoms with Gasteiger partial charge in [0.2, 0.25) is 0 Å². The zero-order chi connectivity index (χ0) is 11.4. The van der Waals surface area contributed by atoms with E-state index in [0.717, 1.165) is 21.4 Å². The van der Waals surface area contributed by atoms with Gasteiger partial charge in [-0.15, -0.1) is 23.4 Å². The van der Waals surface area contributed by atoms with E-state index in [4.69, 9.17) is 11.6 Å². The summed E-state index contributed by atoms with van der Waals surface area (Å²) in [6.45, 7) is 1.52. The van der Waals surface area contributed by atoms with E-state index in [2.05, 4.69) is 15.9 Å². The van der Waals surface area contributed by atoms with Gasteiger partial charge in [-0.25, -0.2) is 0 Å². The van der Waals surface area contributed by atoms with E-state index in [1.165, 1.54) is 6.92 Å². The van der Waals surface area contributed by atoms with Crippen LogP contribution in [0.2, 0.25) is 0 Å². The third kappa shape index (κ3) is 2.99. The van der Waals surface area contributed by atoms with Crippen molar-refractivity contribution in [1.29, 1.82) is 0 Å². The maximum atomic E-state index is 11.3. The van der Waals surface area contributed by atoms with Crippen molar-refractivity contribution >= 4 is 45.1 Å². The lowest BCUT2D eigenvalue weighted by Gasteiger charge is -2.13. The first-order chi connectivity index (χ1) is 7.11. The minimum Gasteiger partial charge on any atom is -0.298 e. The second kappa shape index (κ2) is 5.92. The molecule has 1 nitrogen and oxygen atoms in total. The summed E-state index contributed by atoms with van der Waals surface area (Å²) in [5, 5.41) is 0.181. The number of benzene rings is 1. The highest BCUT2D eigenvalue weighted by atomic mass is 79.9. The Morgan fingerprint density at radius 2 is 2.27 bits per heavy atom. The molecular weight excluding hydrogens is 296 g/mol. The quantitative estimate of drug-likeness (QED) is 0.613. The standard InChI is InChI=1S/C11H12BrClOS/c1-7(14)11(13)8-4-3-5-10(15-2)9(8)6-12/h3-5,11H,6H2,1-2H3. The fourth-order valence-electron chi connectivity index (χ4n) is 1.37. The monoisotopic (exact) mass is 306 g/mol. The lowest BCUT2D eigenvalue weighted by molar-refractivity contribution is -0.116. The van der Waals surface area contributed by atoms with E-state index in [-0.39, 0.29) is 5.78 Å². The molecule has 0 aromatic heterocycles. The summed E-state index contributed by atoms with van der Waals surface area (Å²) in [6, 6.07) is 5.88. The molecule has 0 radical (unpaired) electrons. The van der Waals surface area contributed by atoms with Gasteiger partial charge in [0.1, 0.15) is 5.38 Å². The van der Waals surface area contributed by atoms with Crippen LogP contribution >= 0.6 is 39.3 Å². The number of rotatable bonds is 4. The zero-order valence-corrected chi connectivity index (χ0v) is 11.7. The van der Waals surface area contributed by atoms with Crippen LogP contribution < -0.4 is 0 Å². The van der Waals surface area contributed by atoms with Crippen LogP contribution in [0.4, 0.5) is 0 Å². The van der Waals surface area contributed by atoms with E-state index < -0.39 is 5.38 Å². The van der Waals surface area contributed by atoms with Crippen LogP contribution in [0.5, 0.6) is 0 Å². The molecule has 1 aromatic carbocycles. The van der Waals surface area contributed by atoms with E-state index >= 15 is 0 Å². The van der Waals surface area contributed by atoms with Gasteiger partial charge in [-0.3, -0.25) is 4.79 Å². The minimum absolute atomic E-state index is 0.0166. The summed E-state index contributed by atoms with van der Waals surface area (Å²) in [7, 11) is 0. The number of Topliss-reactive ketones (excluding diaryl/α,β-unsaturated/α-hetero) is 1. The number of hydrogen-bond donors (Lipinski definition) is 0. The highest BCUT2D eigenvalue weighted by molar-refractivity contribution is 9.08. The molecule has 1 unspecified atom stereocenters. The molecule has 0 N–H and O–H groups in total. The number of alkyl halides is 2. The van der Waals surface area contributed by atoms with Crippen LogP contribution in [-0.4, -0.2) is 12.0 Å². The van der Waals surface area contributed by atoms with Crippen LogP contribution in [-0.2, 0) is 10.1 Å². The third-order valence-electron chi connectivity index (χ3n) is 2.15. The molecular formula is C11H12BrClOS. The number of carbonyl (C=O) groups is 1. The Bertz CT molecular complexity index is 368. The molecule has 4 heteroatoms. The third-order valence-corrected chi connectivity index (χ3v) is 4.08. The molecule has 0 spiro atoms. The molecule has 0 heterocycles. The average Bonchev–Trinajstić information content (AvgIpc) is 2.26. The Balaban J connectivity index is 3.22. The molecule has 0 aliphatic heterocycles. The number of halogens is 2. The first-order valence-corrected chi connectivity index (χ1v) is 7.26. The van der Waals surface area contributed by atoms with E-state index in [9.17, 15) is 4.79 Å². The van der Waals surface area contributed by atoms with Gasteiger partial charge in [0, 0.05) is 10.2 Å². The lowest BCUT2D eigenvalue weighted by atomic mass is 10.0. The van der Waals surface area contributed by atoms with Crippen molar-refractivity contribution in [3.05, 3.63) is 29.3 Å².